The third kappa shape index (κ3) is 3.53. The lowest BCUT2D eigenvalue weighted by molar-refractivity contribution is 0.00648. The molecule has 0 heterocycles. The SMILES string of the molecule is C#Cc1ccccc1-c1ccc(C(=O)OC(C)(C)C)c(F)c1. The van der Waals surface area contributed by atoms with Gasteiger partial charge in [0.1, 0.15) is 11.4 Å². The van der Waals surface area contributed by atoms with Gasteiger partial charge in [0.2, 0.25) is 0 Å². The molecule has 2 aromatic rings. The lowest BCUT2D eigenvalue weighted by Crippen LogP contribution is -2.24. The van der Waals surface area contributed by atoms with Crippen LogP contribution in [0.25, 0.3) is 11.1 Å². The van der Waals surface area contributed by atoms with Crippen molar-refractivity contribution in [3.05, 3.63) is 59.4 Å². The summed E-state index contributed by atoms with van der Waals surface area (Å²) in [6, 6.07) is 11.6. The molecule has 0 spiro atoms. The number of hydrogen-bond donors (Lipinski definition) is 0. The fourth-order valence-corrected chi connectivity index (χ4v) is 2.04. The highest BCUT2D eigenvalue weighted by Crippen LogP contribution is 2.26. The summed E-state index contributed by atoms with van der Waals surface area (Å²) in [6.45, 7) is 5.21. The Hall–Kier alpha value is -2.60. The summed E-state index contributed by atoms with van der Waals surface area (Å²) in [4.78, 5) is 12.0. The summed E-state index contributed by atoms with van der Waals surface area (Å²) < 4.78 is 19.4. The molecule has 3 heteroatoms. The van der Waals surface area contributed by atoms with Gasteiger partial charge in [-0.25, -0.2) is 9.18 Å². The van der Waals surface area contributed by atoms with Gasteiger partial charge >= 0.3 is 5.97 Å². The van der Waals surface area contributed by atoms with Crippen molar-refractivity contribution in [3.8, 4) is 23.5 Å². The molecule has 0 fully saturated rings. The molecule has 112 valence electrons. The van der Waals surface area contributed by atoms with Gasteiger partial charge in [-0.1, -0.05) is 30.2 Å². The average molecular weight is 296 g/mol. The molecule has 0 bridgehead atoms. The standard InChI is InChI=1S/C19H17FO2/c1-5-13-8-6-7-9-15(13)14-10-11-16(17(20)12-14)18(21)22-19(2,3)4/h1,6-12H,2-4H3. The zero-order valence-corrected chi connectivity index (χ0v) is 12.8. The number of hydrogen-bond acceptors (Lipinski definition) is 2. The highest BCUT2D eigenvalue weighted by molar-refractivity contribution is 5.91. The fourth-order valence-electron chi connectivity index (χ4n) is 2.04. The van der Waals surface area contributed by atoms with Crippen molar-refractivity contribution in [1.82, 2.24) is 0 Å². The van der Waals surface area contributed by atoms with Crippen molar-refractivity contribution in [3.63, 3.8) is 0 Å². The molecule has 0 aliphatic carbocycles. The van der Waals surface area contributed by atoms with Gasteiger partial charge in [0, 0.05) is 5.56 Å². The third-order valence-corrected chi connectivity index (χ3v) is 2.98. The zero-order valence-electron chi connectivity index (χ0n) is 12.8. The van der Waals surface area contributed by atoms with Crippen LogP contribution in [-0.2, 0) is 4.74 Å². The summed E-state index contributed by atoms with van der Waals surface area (Å²) in [7, 11) is 0. The highest BCUT2D eigenvalue weighted by atomic mass is 19.1. The quantitative estimate of drug-likeness (QED) is 0.605. The molecule has 0 aromatic heterocycles. The Morgan fingerprint density at radius 3 is 2.45 bits per heavy atom. The Bertz CT molecular complexity index is 749. The van der Waals surface area contributed by atoms with E-state index < -0.39 is 17.4 Å². The van der Waals surface area contributed by atoms with Crippen molar-refractivity contribution >= 4 is 5.97 Å². The van der Waals surface area contributed by atoms with Gasteiger partial charge in [-0.05, 0) is 50.1 Å². The Balaban J connectivity index is 2.39. The van der Waals surface area contributed by atoms with Crippen molar-refractivity contribution in [2.45, 2.75) is 26.4 Å². The van der Waals surface area contributed by atoms with E-state index in [0.29, 0.717) is 11.1 Å². The summed E-state index contributed by atoms with van der Waals surface area (Å²) in [5.41, 5.74) is 1.29. The number of carbonyl (C=O) groups is 1. The Labute approximate surface area is 129 Å². The first-order chi connectivity index (χ1) is 10.3. The van der Waals surface area contributed by atoms with Crippen molar-refractivity contribution < 1.29 is 13.9 Å². The van der Waals surface area contributed by atoms with E-state index in [1.807, 2.05) is 18.2 Å². The van der Waals surface area contributed by atoms with E-state index in [4.69, 9.17) is 11.2 Å². The van der Waals surface area contributed by atoms with Crippen LogP contribution in [0.2, 0.25) is 0 Å². The Kier molecular flexibility index (Phi) is 4.32. The van der Waals surface area contributed by atoms with Crippen LogP contribution in [0.5, 0.6) is 0 Å². The number of ether oxygens (including phenoxy) is 1. The molecule has 0 radical (unpaired) electrons. The second kappa shape index (κ2) is 6.03. The molecule has 22 heavy (non-hydrogen) atoms. The number of rotatable bonds is 2. The van der Waals surface area contributed by atoms with Gasteiger partial charge in [0.05, 0.1) is 5.56 Å². The van der Waals surface area contributed by atoms with Crippen LogP contribution in [0.1, 0.15) is 36.7 Å². The first kappa shape index (κ1) is 15.8. The lowest BCUT2D eigenvalue weighted by Gasteiger charge is -2.19. The lowest BCUT2D eigenvalue weighted by atomic mass is 9.98. The van der Waals surface area contributed by atoms with Crippen molar-refractivity contribution in [1.29, 1.82) is 0 Å². The maximum absolute atomic E-state index is 14.2. The number of carbonyl (C=O) groups excluding carboxylic acids is 1. The van der Waals surface area contributed by atoms with Crippen LogP contribution in [0.15, 0.2) is 42.5 Å². The smallest absolute Gasteiger partial charge is 0.341 e. The predicted octanol–water partition coefficient (Wildman–Crippen LogP) is 4.43. The molecule has 0 atom stereocenters. The topological polar surface area (TPSA) is 26.3 Å². The summed E-state index contributed by atoms with van der Waals surface area (Å²) in [6.07, 6.45) is 5.46. The molecule has 0 N–H and O–H groups in total. The first-order valence-corrected chi connectivity index (χ1v) is 6.91. The number of halogens is 1. The van der Waals surface area contributed by atoms with Gasteiger partial charge in [-0.15, -0.1) is 6.42 Å². The Morgan fingerprint density at radius 1 is 1.18 bits per heavy atom. The highest BCUT2D eigenvalue weighted by Gasteiger charge is 2.21. The van der Waals surface area contributed by atoms with Crippen molar-refractivity contribution in [2.75, 3.05) is 0 Å². The zero-order chi connectivity index (χ0) is 16.3. The van der Waals surface area contributed by atoms with E-state index in [0.717, 1.165) is 5.56 Å². The van der Waals surface area contributed by atoms with Crippen LogP contribution in [0.4, 0.5) is 4.39 Å². The van der Waals surface area contributed by atoms with Crippen LogP contribution in [0.3, 0.4) is 0 Å². The minimum absolute atomic E-state index is 0.0862. The van der Waals surface area contributed by atoms with Crippen LogP contribution in [0, 0.1) is 18.2 Å². The van der Waals surface area contributed by atoms with Gasteiger partial charge in [0.15, 0.2) is 0 Å². The molecule has 2 rings (SSSR count). The van der Waals surface area contributed by atoms with Crippen LogP contribution >= 0.6 is 0 Å². The first-order valence-electron chi connectivity index (χ1n) is 6.91. The van der Waals surface area contributed by atoms with Gasteiger partial charge < -0.3 is 4.74 Å². The largest absolute Gasteiger partial charge is 0.456 e. The normalized spacial score (nSPS) is 10.9. The molecule has 0 saturated heterocycles. The van der Waals surface area contributed by atoms with Crippen LogP contribution < -0.4 is 0 Å². The maximum atomic E-state index is 14.2. The fraction of sp³-hybridized carbons (Fsp3) is 0.211. The molecule has 0 aliphatic heterocycles. The number of terminal acetylenes is 1. The summed E-state index contributed by atoms with van der Waals surface area (Å²) in [5, 5.41) is 0. The second-order valence-corrected chi connectivity index (χ2v) is 5.89. The van der Waals surface area contributed by atoms with E-state index in [-0.39, 0.29) is 5.56 Å². The molecule has 2 aromatic carbocycles. The van der Waals surface area contributed by atoms with E-state index in [9.17, 15) is 9.18 Å². The number of esters is 1. The second-order valence-electron chi connectivity index (χ2n) is 5.89. The number of benzene rings is 2. The average Bonchev–Trinajstić information content (AvgIpc) is 2.45. The van der Waals surface area contributed by atoms with E-state index in [1.165, 1.54) is 12.1 Å². The Morgan fingerprint density at radius 2 is 1.86 bits per heavy atom. The van der Waals surface area contributed by atoms with E-state index in [2.05, 4.69) is 5.92 Å². The minimum atomic E-state index is -0.679. The van der Waals surface area contributed by atoms with Gasteiger partial charge in [0.25, 0.3) is 0 Å². The van der Waals surface area contributed by atoms with Crippen molar-refractivity contribution in [2.24, 2.45) is 0 Å². The molecular weight excluding hydrogens is 279 g/mol. The maximum Gasteiger partial charge on any atom is 0.341 e. The monoisotopic (exact) mass is 296 g/mol. The van der Waals surface area contributed by atoms with Gasteiger partial charge in [-0.3, -0.25) is 0 Å². The molecule has 0 saturated carbocycles. The molecular formula is C19H17FO2. The van der Waals surface area contributed by atoms with E-state index >= 15 is 0 Å². The molecule has 2 nitrogen and oxygen atoms in total. The van der Waals surface area contributed by atoms with Gasteiger partial charge in [-0.2, -0.15) is 0 Å². The predicted molar refractivity (Wildman–Crippen MR) is 84.9 cm³/mol. The third-order valence-electron chi connectivity index (χ3n) is 2.98. The summed E-state index contributed by atoms with van der Waals surface area (Å²) in [5.74, 6) is 1.26. The minimum Gasteiger partial charge on any atom is -0.456 e. The van der Waals surface area contributed by atoms with E-state index in [1.54, 1.807) is 32.9 Å². The molecule has 0 unspecified atom stereocenters. The van der Waals surface area contributed by atoms with Crippen LogP contribution in [-0.4, -0.2) is 11.6 Å². The molecule has 0 aliphatic rings. The summed E-state index contributed by atoms with van der Waals surface area (Å²) >= 11 is 0. The molecule has 0 amide bonds.